The van der Waals surface area contributed by atoms with Crippen molar-refractivity contribution in [3.05, 3.63) is 64.9 Å². The molecular weight excluding hydrogens is 450 g/mol. The number of allylic oxidation sites excluding steroid dienone is 3. The van der Waals surface area contributed by atoms with Gasteiger partial charge < -0.3 is 9.30 Å². The van der Waals surface area contributed by atoms with Gasteiger partial charge in [0.2, 0.25) is 0 Å². The highest BCUT2D eigenvalue weighted by Crippen LogP contribution is 2.66. The number of imidazole rings is 1. The summed E-state index contributed by atoms with van der Waals surface area (Å²) in [5.41, 5.74) is 5.86. The number of para-hydroxylation sites is 2. The van der Waals surface area contributed by atoms with Crippen molar-refractivity contribution in [2.45, 2.75) is 71.5 Å². The van der Waals surface area contributed by atoms with Gasteiger partial charge in [-0.2, -0.15) is 0 Å². The summed E-state index contributed by atoms with van der Waals surface area (Å²) in [6, 6.07) is 8.56. The molecule has 0 amide bonds. The molecule has 7 rings (SSSR count). The molecule has 2 fully saturated rings. The van der Waals surface area contributed by atoms with Crippen LogP contribution in [0.3, 0.4) is 0 Å². The Bertz CT molecular complexity index is 1310. The number of hydrogen-bond donors (Lipinski definition) is 0. The van der Waals surface area contributed by atoms with Crippen molar-refractivity contribution < 1.29 is 4.74 Å². The van der Waals surface area contributed by atoms with Crippen LogP contribution in [-0.2, 0) is 11.3 Å². The van der Waals surface area contributed by atoms with Gasteiger partial charge in [-0.25, -0.2) is 9.97 Å². The first kappa shape index (κ1) is 22.0. The van der Waals surface area contributed by atoms with E-state index < -0.39 is 0 Å². The maximum Gasteiger partial charge on any atom is 0.118 e. The summed E-state index contributed by atoms with van der Waals surface area (Å²) < 4.78 is 9.09. The van der Waals surface area contributed by atoms with Gasteiger partial charge in [0.1, 0.15) is 11.3 Å². The van der Waals surface area contributed by atoms with Crippen LogP contribution in [0.4, 0.5) is 0 Å². The van der Waals surface area contributed by atoms with Crippen LogP contribution in [0.5, 0.6) is 0 Å². The van der Waals surface area contributed by atoms with E-state index in [2.05, 4.69) is 71.5 Å². The molecule has 4 aliphatic carbocycles. The Balaban J connectivity index is 1.19. The summed E-state index contributed by atoms with van der Waals surface area (Å²) in [7, 11) is 0. The van der Waals surface area contributed by atoms with Crippen molar-refractivity contribution in [2.75, 3.05) is 0 Å². The third kappa shape index (κ3) is 3.20. The van der Waals surface area contributed by atoms with Gasteiger partial charge in [-0.05, 0) is 74.8 Å². The Morgan fingerprint density at radius 3 is 2.89 bits per heavy atom. The zero-order valence-corrected chi connectivity index (χ0v) is 21.6. The Labute approximate surface area is 212 Å². The van der Waals surface area contributed by atoms with Crippen LogP contribution in [0, 0.1) is 28.6 Å². The van der Waals surface area contributed by atoms with Crippen molar-refractivity contribution in [3.8, 4) is 0 Å². The van der Waals surface area contributed by atoms with Crippen molar-refractivity contribution in [2.24, 2.45) is 28.6 Å². The molecule has 2 saturated carbocycles. The molecule has 0 spiro atoms. The standard InChI is InChI=1S/C30H35N3OS/c1-29-15-14-23-21(22(29)12-13-26(29)33-19-32-24-7-3-4-8-25(24)33)11-10-20-6-5-9-27(30(20,23)2)34-18-28-31-16-17-35-28/h3-4,7-8,10,13,16-17,19,21-23,27H,5-6,9,11-12,14-15,18H2,1-2H3/t21-,22-,23-,27?,29-,30-/m0/s1. The summed E-state index contributed by atoms with van der Waals surface area (Å²) in [6.07, 6.45) is 18.1. The van der Waals surface area contributed by atoms with Gasteiger partial charge in [0.25, 0.3) is 0 Å². The van der Waals surface area contributed by atoms with E-state index in [-0.39, 0.29) is 10.8 Å². The average Bonchev–Trinajstić information content (AvgIpc) is 3.61. The van der Waals surface area contributed by atoms with E-state index in [1.807, 2.05) is 6.20 Å². The zero-order chi connectivity index (χ0) is 23.6. The smallest absolute Gasteiger partial charge is 0.118 e. The molecule has 0 bridgehead atoms. The van der Waals surface area contributed by atoms with Crippen molar-refractivity contribution in [1.82, 2.24) is 14.5 Å². The van der Waals surface area contributed by atoms with E-state index in [1.165, 1.54) is 56.2 Å². The summed E-state index contributed by atoms with van der Waals surface area (Å²) in [5.74, 6) is 2.11. The molecule has 5 heteroatoms. The van der Waals surface area contributed by atoms with Crippen molar-refractivity contribution >= 4 is 28.1 Å². The molecule has 1 unspecified atom stereocenters. The van der Waals surface area contributed by atoms with Crippen LogP contribution in [0.2, 0.25) is 0 Å². The fourth-order valence-corrected chi connectivity index (χ4v) is 9.05. The first-order valence-electron chi connectivity index (χ1n) is 13.4. The fraction of sp³-hybridized carbons (Fsp3) is 0.533. The highest BCUT2D eigenvalue weighted by molar-refractivity contribution is 7.09. The van der Waals surface area contributed by atoms with E-state index in [4.69, 9.17) is 9.72 Å². The highest BCUT2D eigenvalue weighted by atomic mass is 32.1. The predicted molar refractivity (Wildman–Crippen MR) is 142 cm³/mol. The van der Waals surface area contributed by atoms with E-state index in [0.717, 1.165) is 16.4 Å². The lowest BCUT2D eigenvalue weighted by molar-refractivity contribution is -0.110. The van der Waals surface area contributed by atoms with Gasteiger partial charge in [-0.15, -0.1) is 11.3 Å². The molecule has 0 N–H and O–H groups in total. The number of hydrogen-bond acceptors (Lipinski definition) is 4. The number of benzene rings is 1. The third-order valence-corrected chi connectivity index (χ3v) is 11.0. The van der Waals surface area contributed by atoms with Crippen LogP contribution < -0.4 is 0 Å². The normalized spacial score (nSPS) is 36.3. The lowest BCUT2D eigenvalue weighted by Crippen LogP contribution is -2.54. The van der Waals surface area contributed by atoms with Crippen molar-refractivity contribution in [1.29, 1.82) is 0 Å². The lowest BCUT2D eigenvalue weighted by atomic mass is 9.47. The summed E-state index contributed by atoms with van der Waals surface area (Å²) >= 11 is 1.71. The average molecular weight is 486 g/mol. The molecule has 6 atom stereocenters. The number of thiazole rings is 1. The van der Waals surface area contributed by atoms with E-state index in [9.17, 15) is 0 Å². The molecule has 182 valence electrons. The number of rotatable bonds is 4. The minimum atomic E-state index is 0.157. The second-order valence-corrected chi connectivity index (χ2v) is 12.6. The van der Waals surface area contributed by atoms with Gasteiger partial charge in [-0.1, -0.05) is 43.7 Å². The molecule has 0 saturated heterocycles. The van der Waals surface area contributed by atoms with Gasteiger partial charge >= 0.3 is 0 Å². The van der Waals surface area contributed by atoms with E-state index in [0.29, 0.717) is 24.5 Å². The van der Waals surface area contributed by atoms with Crippen LogP contribution in [0.1, 0.15) is 63.8 Å². The molecule has 0 aliphatic heterocycles. The van der Waals surface area contributed by atoms with Gasteiger partial charge in [-0.3, -0.25) is 0 Å². The zero-order valence-electron chi connectivity index (χ0n) is 20.8. The Morgan fingerprint density at radius 2 is 2.00 bits per heavy atom. The minimum absolute atomic E-state index is 0.157. The molecule has 35 heavy (non-hydrogen) atoms. The van der Waals surface area contributed by atoms with Crippen molar-refractivity contribution in [3.63, 3.8) is 0 Å². The molecular formula is C30H35N3OS. The highest BCUT2D eigenvalue weighted by Gasteiger charge is 2.59. The quantitative estimate of drug-likeness (QED) is 0.359. The fourth-order valence-electron chi connectivity index (χ4n) is 8.51. The number of nitrogens with zero attached hydrogens (tertiary/aromatic N) is 3. The van der Waals surface area contributed by atoms with Crippen LogP contribution in [-0.4, -0.2) is 20.6 Å². The maximum atomic E-state index is 6.70. The maximum absolute atomic E-state index is 6.70. The molecule has 1 aromatic carbocycles. The number of aromatic nitrogens is 3. The molecule has 4 aliphatic rings. The van der Waals surface area contributed by atoms with E-state index >= 15 is 0 Å². The number of fused-ring (bicyclic) bond motifs is 6. The first-order chi connectivity index (χ1) is 17.1. The SMILES string of the molecule is C[C@]12CC[C@H]3[C@@H](CC=C4CCCC(OCc5nccs5)[C@@]43C)[C@@H]1CC=C2n1cnc2ccccc21. The predicted octanol–water partition coefficient (Wildman–Crippen LogP) is 7.49. The Morgan fingerprint density at radius 1 is 1.09 bits per heavy atom. The second-order valence-electron chi connectivity index (χ2n) is 11.6. The Hall–Kier alpha value is -2.24. The van der Waals surface area contributed by atoms with E-state index in [1.54, 1.807) is 16.9 Å². The van der Waals surface area contributed by atoms with Gasteiger partial charge in [0.15, 0.2) is 0 Å². The minimum Gasteiger partial charge on any atom is -0.370 e. The Kier molecular flexibility index (Phi) is 5.12. The van der Waals surface area contributed by atoms with Crippen LogP contribution in [0.15, 0.2) is 59.9 Å². The first-order valence-corrected chi connectivity index (χ1v) is 14.3. The second kappa shape index (κ2) is 8.14. The molecule has 3 aromatic rings. The summed E-state index contributed by atoms with van der Waals surface area (Å²) in [5, 5.41) is 3.16. The number of ether oxygens (including phenoxy) is 1. The molecule has 0 radical (unpaired) electrons. The molecule has 2 heterocycles. The summed E-state index contributed by atoms with van der Waals surface area (Å²) in [4.78, 5) is 9.20. The molecule has 2 aromatic heterocycles. The van der Waals surface area contributed by atoms with Crippen LogP contribution in [0.25, 0.3) is 16.7 Å². The largest absolute Gasteiger partial charge is 0.370 e. The van der Waals surface area contributed by atoms with Crippen LogP contribution >= 0.6 is 11.3 Å². The third-order valence-electron chi connectivity index (χ3n) is 10.3. The lowest BCUT2D eigenvalue weighted by Gasteiger charge is -2.59. The van der Waals surface area contributed by atoms with Gasteiger partial charge in [0.05, 0.1) is 23.7 Å². The topological polar surface area (TPSA) is 39.9 Å². The van der Waals surface area contributed by atoms with Gasteiger partial charge in [0, 0.05) is 28.1 Å². The summed E-state index contributed by atoms with van der Waals surface area (Å²) in [6.45, 7) is 5.75. The molecule has 4 nitrogen and oxygen atoms in total. The monoisotopic (exact) mass is 485 g/mol.